The van der Waals surface area contributed by atoms with Gasteiger partial charge in [0.05, 0.1) is 14.2 Å². The van der Waals surface area contributed by atoms with Crippen molar-refractivity contribution in [2.75, 3.05) is 14.2 Å². The Morgan fingerprint density at radius 3 is 2.53 bits per heavy atom. The number of benzene rings is 1. The summed E-state index contributed by atoms with van der Waals surface area (Å²) in [6.07, 6.45) is 4.60. The third-order valence-electron chi connectivity index (χ3n) is 2.96. The maximum Gasteiger partial charge on any atom is 0.127 e. The van der Waals surface area contributed by atoms with Crippen molar-refractivity contribution in [3.05, 3.63) is 23.8 Å². The SMILES string of the molecule is CCCCCC(N)c1ccc(OC)cc1OC. The number of methoxy groups -OCH3 is 2. The van der Waals surface area contributed by atoms with E-state index >= 15 is 0 Å². The normalized spacial score (nSPS) is 12.2. The van der Waals surface area contributed by atoms with Crippen molar-refractivity contribution in [1.82, 2.24) is 0 Å². The van der Waals surface area contributed by atoms with Gasteiger partial charge in [-0.3, -0.25) is 0 Å². The zero-order valence-electron chi connectivity index (χ0n) is 11.0. The van der Waals surface area contributed by atoms with E-state index in [9.17, 15) is 0 Å². The van der Waals surface area contributed by atoms with Crippen LogP contribution in [0.15, 0.2) is 18.2 Å². The van der Waals surface area contributed by atoms with Crippen LogP contribution >= 0.6 is 0 Å². The zero-order valence-corrected chi connectivity index (χ0v) is 11.0. The predicted molar refractivity (Wildman–Crippen MR) is 70.6 cm³/mol. The molecule has 2 N–H and O–H groups in total. The molecule has 0 aromatic heterocycles. The van der Waals surface area contributed by atoms with E-state index in [0.29, 0.717) is 0 Å². The Bertz CT molecular complexity index is 339. The van der Waals surface area contributed by atoms with Gasteiger partial charge in [-0.15, -0.1) is 0 Å². The lowest BCUT2D eigenvalue weighted by molar-refractivity contribution is 0.387. The van der Waals surface area contributed by atoms with Crippen molar-refractivity contribution >= 4 is 0 Å². The second-order valence-electron chi connectivity index (χ2n) is 4.21. The number of nitrogens with two attached hydrogens (primary N) is 1. The van der Waals surface area contributed by atoms with Gasteiger partial charge in [-0.05, 0) is 12.5 Å². The number of hydrogen-bond acceptors (Lipinski definition) is 3. The van der Waals surface area contributed by atoms with Crippen LogP contribution in [-0.4, -0.2) is 14.2 Å². The topological polar surface area (TPSA) is 44.5 Å². The maximum atomic E-state index is 6.18. The third kappa shape index (κ3) is 3.93. The van der Waals surface area contributed by atoms with Gasteiger partial charge in [0.2, 0.25) is 0 Å². The van der Waals surface area contributed by atoms with E-state index in [4.69, 9.17) is 15.2 Å². The molecule has 3 heteroatoms. The summed E-state index contributed by atoms with van der Waals surface area (Å²) >= 11 is 0. The largest absolute Gasteiger partial charge is 0.497 e. The maximum absolute atomic E-state index is 6.18. The molecule has 0 spiro atoms. The molecule has 0 saturated heterocycles. The lowest BCUT2D eigenvalue weighted by Gasteiger charge is -2.16. The van der Waals surface area contributed by atoms with Crippen LogP contribution in [0.1, 0.15) is 44.2 Å². The summed E-state index contributed by atoms with van der Waals surface area (Å²) < 4.78 is 10.5. The number of rotatable bonds is 7. The van der Waals surface area contributed by atoms with Crippen LogP contribution in [0.4, 0.5) is 0 Å². The first-order chi connectivity index (χ1) is 8.22. The standard InChI is InChI=1S/C14H23NO2/c1-4-5-6-7-13(15)12-9-8-11(16-2)10-14(12)17-3/h8-10,13H,4-7,15H2,1-3H3. The molecule has 0 amide bonds. The summed E-state index contributed by atoms with van der Waals surface area (Å²) in [6, 6.07) is 5.85. The second kappa shape index (κ2) is 7.17. The molecule has 0 fully saturated rings. The van der Waals surface area contributed by atoms with Crippen LogP contribution in [0.3, 0.4) is 0 Å². The smallest absolute Gasteiger partial charge is 0.127 e. The molecular formula is C14H23NO2. The van der Waals surface area contributed by atoms with Crippen molar-refractivity contribution in [1.29, 1.82) is 0 Å². The molecule has 0 aliphatic carbocycles. The molecule has 0 heterocycles. The molecule has 1 aromatic rings. The summed E-state index contributed by atoms with van der Waals surface area (Å²) in [6.45, 7) is 2.19. The number of unbranched alkanes of at least 4 members (excludes halogenated alkanes) is 2. The van der Waals surface area contributed by atoms with E-state index < -0.39 is 0 Å². The molecule has 3 nitrogen and oxygen atoms in total. The molecule has 0 saturated carbocycles. The predicted octanol–water partition coefficient (Wildman–Crippen LogP) is 3.28. The third-order valence-corrected chi connectivity index (χ3v) is 2.96. The Labute approximate surface area is 104 Å². The van der Waals surface area contributed by atoms with E-state index in [0.717, 1.165) is 29.9 Å². The second-order valence-corrected chi connectivity index (χ2v) is 4.21. The molecule has 0 aliphatic rings. The zero-order chi connectivity index (χ0) is 12.7. The van der Waals surface area contributed by atoms with Gasteiger partial charge in [0, 0.05) is 17.7 Å². The Morgan fingerprint density at radius 2 is 1.94 bits per heavy atom. The Hall–Kier alpha value is -1.22. The monoisotopic (exact) mass is 237 g/mol. The van der Waals surface area contributed by atoms with Crippen molar-refractivity contribution < 1.29 is 9.47 Å². The first-order valence-electron chi connectivity index (χ1n) is 6.20. The van der Waals surface area contributed by atoms with Crippen LogP contribution in [0.25, 0.3) is 0 Å². The lowest BCUT2D eigenvalue weighted by atomic mass is 10.0. The molecule has 0 radical (unpaired) electrons. The summed E-state index contributed by atoms with van der Waals surface area (Å²) in [7, 11) is 3.31. The van der Waals surface area contributed by atoms with Gasteiger partial charge in [0.25, 0.3) is 0 Å². The average Bonchev–Trinajstić information content (AvgIpc) is 2.38. The average molecular weight is 237 g/mol. The van der Waals surface area contributed by atoms with E-state index in [1.807, 2.05) is 18.2 Å². The highest BCUT2D eigenvalue weighted by atomic mass is 16.5. The number of hydrogen-bond donors (Lipinski definition) is 1. The minimum Gasteiger partial charge on any atom is -0.497 e. The molecule has 1 aromatic carbocycles. The highest BCUT2D eigenvalue weighted by Crippen LogP contribution is 2.30. The minimum atomic E-state index is 0.0439. The molecule has 17 heavy (non-hydrogen) atoms. The fourth-order valence-electron chi connectivity index (χ4n) is 1.89. The Kier molecular flexibility index (Phi) is 5.84. The molecule has 96 valence electrons. The summed E-state index contributed by atoms with van der Waals surface area (Å²) in [5.74, 6) is 1.61. The minimum absolute atomic E-state index is 0.0439. The fourth-order valence-corrected chi connectivity index (χ4v) is 1.89. The number of ether oxygens (including phenoxy) is 2. The van der Waals surface area contributed by atoms with Gasteiger partial charge in [-0.25, -0.2) is 0 Å². The van der Waals surface area contributed by atoms with Crippen LogP contribution < -0.4 is 15.2 Å². The van der Waals surface area contributed by atoms with Gasteiger partial charge in [-0.2, -0.15) is 0 Å². The molecule has 0 bridgehead atoms. The Balaban J connectivity index is 2.74. The van der Waals surface area contributed by atoms with Gasteiger partial charge in [-0.1, -0.05) is 32.3 Å². The van der Waals surface area contributed by atoms with Crippen molar-refractivity contribution in [2.45, 2.75) is 38.6 Å². The Morgan fingerprint density at radius 1 is 1.18 bits per heavy atom. The van der Waals surface area contributed by atoms with E-state index in [-0.39, 0.29) is 6.04 Å². The van der Waals surface area contributed by atoms with Crippen LogP contribution in [0.2, 0.25) is 0 Å². The molecular weight excluding hydrogens is 214 g/mol. The molecule has 1 unspecified atom stereocenters. The van der Waals surface area contributed by atoms with Crippen molar-refractivity contribution in [3.63, 3.8) is 0 Å². The quantitative estimate of drug-likeness (QED) is 0.740. The molecule has 1 rings (SSSR count). The highest BCUT2D eigenvalue weighted by molar-refractivity contribution is 5.42. The van der Waals surface area contributed by atoms with E-state index in [1.54, 1.807) is 14.2 Å². The summed E-state index contributed by atoms with van der Waals surface area (Å²) in [5.41, 5.74) is 7.24. The van der Waals surface area contributed by atoms with Crippen molar-refractivity contribution in [3.8, 4) is 11.5 Å². The van der Waals surface area contributed by atoms with E-state index in [1.165, 1.54) is 12.8 Å². The van der Waals surface area contributed by atoms with Gasteiger partial charge >= 0.3 is 0 Å². The first kappa shape index (κ1) is 13.8. The van der Waals surface area contributed by atoms with Crippen LogP contribution in [0, 0.1) is 0 Å². The van der Waals surface area contributed by atoms with Crippen LogP contribution in [0.5, 0.6) is 11.5 Å². The van der Waals surface area contributed by atoms with Gasteiger partial charge in [0.1, 0.15) is 11.5 Å². The van der Waals surface area contributed by atoms with Gasteiger partial charge < -0.3 is 15.2 Å². The highest BCUT2D eigenvalue weighted by Gasteiger charge is 2.12. The summed E-state index contributed by atoms with van der Waals surface area (Å²) in [4.78, 5) is 0. The summed E-state index contributed by atoms with van der Waals surface area (Å²) in [5, 5.41) is 0. The van der Waals surface area contributed by atoms with Gasteiger partial charge in [0.15, 0.2) is 0 Å². The van der Waals surface area contributed by atoms with E-state index in [2.05, 4.69) is 6.92 Å². The van der Waals surface area contributed by atoms with Crippen molar-refractivity contribution in [2.24, 2.45) is 5.73 Å². The molecule has 0 aliphatic heterocycles. The lowest BCUT2D eigenvalue weighted by Crippen LogP contribution is -2.11. The van der Waals surface area contributed by atoms with Crippen LogP contribution in [-0.2, 0) is 0 Å². The first-order valence-corrected chi connectivity index (χ1v) is 6.20. The fraction of sp³-hybridized carbons (Fsp3) is 0.571. The molecule has 1 atom stereocenters.